The van der Waals surface area contributed by atoms with Gasteiger partial charge in [-0.3, -0.25) is 13.8 Å². The first-order chi connectivity index (χ1) is 26.3. The van der Waals surface area contributed by atoms with Gasteiger partial charge >= 0.3 is 7.82 Å². The maximum absolute atomic E-state index is 12.8. The van der Waals surface area contributed by atoms with Crippen molar-refractivity contribution in [1.29, 1.82) is 0 Å². The number of phosphoric ester groups is 1. The molecule has 0 saturated carbocycles. The maximum atomic E-state index is 12.8. The van der Waals surface area contributed by atoms with Gasteiger partial charge in [0.25, 0.3) is 0 Å². The Morgan fingerprint density at radius 1 is 0.630 bits per heavy atom. The number of rotatable bonds is 42. The molecular formula is C44H87N2O7P. The standard InChI is InChI=1S/C44H87N2O7P/c1-3-5-7-9-11-13-15-17-19-20-21-22-24-26-28-30-32-34-36-43(48)42(40-53-54(50,51)52-38-37-45)46-44(49)39-41(47)35-33-31-29-27-25-23-18-16-14-12-10-8-6-4-2/h26,28,34,36,41-43,47-48H,3-25,27,29-33,35,37-40,45H2,1-2H3,(H,46,49)(H,50,51)/b28-26+,36-34+. The first-order valence-electron chi connectivity index (χ1n) is 22.5. The van der Waals surface area contributed by atoms with E-state index in [1.807, 2.05) is 6.08 Å². The molecule has 0 rings (SSSR count). The van der Waals surface area contributed by atoms with Crippen molar-refractivity contribution in [3.05, 3.63) is 24.3 Å². The molecule has 0 radical (unpaired) electrons. The normalized spacial score (nSPS) is 14.9. The Bertz CT molecular complexity index is 919. The van der Waals surface area contributed by atoms with Crippen molar-refractivity contribution in [3.8, 4) is 0 Å². The Labute approximate surface area is 332 Å². The van der Waals surface area contributed by atoms with E-state index in [4.69, 9.17) is 14.8 Å². The van der Waals surface area contributed by atoms with E-state index in [0.717, 1.165) is 32.1 Å². The fourth-order valence-electron chi connectivity index (χ4n) is 6.66. The third kappa shape index (κ3) is 37.8. The first kappa shape index (κ1) is 52.9. The van der Waals surface area contributed by atoms with Crippen LogP contribution in [-0.2, 0) is 18.4 Å². The largest absolute Gasteiger partial charge is 0.472 e. The summed E-state index contributed by atoms with van der Waals surface area (Å²) in [5, 5.41) is 24.0. The zero-order valence-electron chi connectivity index (χ0n) is 35.1. The second-order valence-electron chi connectivity index (χ2n) is 15.4. The molecule has 0 bridgehead atoms. The van der Waals surface area contributed by atoms with Crippen LogP contribution < -0.4 is 11.1 Å². The molecule has 0 aliphatic heterocycles. The van der Waals surface area contributed by atoms with Crippen molar-refractivity contribution in [2.75, 3.05) is 19.8 Å². The second kappa shape index (κ2) is 40.1. The molecule has 4 unspecified atom stereocenters. The minimum atomic E-state index is -4.40. The van der Waals surface area contributed by atoms with Crippen molar-refractivity contribution in [2.45, 2.75) is 231 Å². The van der Waals surface area contributed by atoms with E-state index >= 15 is 0 Å². The molecule has 0 aromatic rings. The van der Waals surface area contributed by atoms with Gasteiger partial charge in [0.15, 0.2) is 0 Å². The van der Waals surface area contributed by atoms with Gasteiger partial charge in [-0.1, -0.05) is 199 Å². The van der Waals surface area contributed by atoms with Gasteiger partial charge in [-0.2, -0.15) is 0 Å². The zero-order chi connectivity index (χ0) is 39.8. The predicted molar refractivity (Wildman–Crippen MR) is 227 cm³/mol. The van der Waals surface area contributed by atoms with Crippen LogP contribution in [-0.4, -0.2) is 59.0 Å². The van der Waals surface area contributed by atoms with Crippen molar-refractivity contribution < 1.29 is 33.5 Å². The van der Waals surface area contributed by atoms with E-state index in [2.05, 4.69) is 31.3 Å². The number of nitrogens with two attached hydrogens (primary N) is 1. The van der Waals surface area contributed by atoms with E-state index in [9.17, 15) is 24.5 Å². The van der Waals surface area contributed by atoms with Gasteiger partial charge in [-0.05, 0) is 32.1 Å². The lowest BCUT2D eigenvalue weighted by Gasteiger charge is -2.24. The summed E-state index contributed by atoms with van der Waals surface area (Å²) in [6, 6.07) is -0.995. The summed E-state index contributed by atoms with van der Waals surface area (Å²) in [6.45, 7) is 3.96. The van der Waals surface area contributed by atoms with Crippen LogP contribution in [0.25, 0.3) is 0 Å². The Morgan fingerprint density at radius 3 is 1.54 bits per heavy atom. The molecule has 1 amide bonds. The first-order valence-corrected chi connectivity index (χ1v) is 24.0. The van der Waals surface area contributed by atoms with Gasteiger partial charge in [0.2, 0.25) is 5.91 Å². The third-order valence-electron chi connectivity index (χ3n) is 10.1. The Balaban J connectivity index is 4.34. The van der Waals surface area contributed by atoms with Crippen LogP contribution in [0, 0.1) is 0 Å². The van der Waals surface area contributed by atoms with Crippen LogP contribution in [0.5, 0.6) is 0 Å². The number of phosphoric acid groups is 1. The topological polar surface area (TPSA) is 151 Å². The highest BCUT2D eigenvalue weighted by molar-refractivity contribution is 7.47. The highest BCUT2D eigenvalue weighted by atomic mass is 31.2. The number of carbonyl (C=O) groups excluding carboxylic acids is 1. The molecule has 4 atom stereocenters. The number of hydrogen-bond donors (Lipinski definition) is 5. The lowest BCUT2D eigenvalue weighted by atomic mass is 10.0. The fourth-order valence-corrected chi connectivity index (χ4v) is 7.42. The Hall–Kier alpha value is -1.06. The highest BCUT2D eigenvalue weighted by Gasteiger charge is 2.27. The predicted octanol–water partition coefficient (Wildman–Crippen LogP) is 11.5. The quantitative estimate of drug-likeness (QED) is 0.0233. The molecule has 0 aliphatic rings. The minimum Gasteiger partial charge on any atom is -0.393 e. The van der Waals surface area contributed by atoms with Crippen LogP contribution in [0.15, 0.2) is 24.3 Å². The molecule has 0 spiro atoms. The molecule has 0 saturated heterocycles. The zero-order valence-corrected chi connectivity index (χ0v) is 36.0. The number of aliphatic hydroxyl groups excluding tert-OH is 2. The Kier molecular flexibility index (Phi) is 39.4. The summed E-state index contributed by atoms with van der Waals surface area (Å²) in [6.07, 6.45) is 42.6. The number of aliphatic hydroxyl groups is 2. The lowest BCUT2D eigenvalue weighted by Crippen LogP contribution is -2.46. The van der Waals surface area contributed by atoms with Crippen molar-refractivity contribution in [3.63, 3.8) is 0 Å². The van der Waals surface area contributed by atoms with E-state index in [-0.39, 0.29) is 19.6 Å². The van der Waals surface area contributed by atoms with Gasteiger partial charge in [-0.15, -0.1) is 0 Å². The van der Waals surface area contributed by atoms with E-state index < -0.39 is 38.6 Å². The van der Waals surface area contributed by atoms with Crippen molar-refractivity contribution in [2.24, 2.45) is 5.73 Å². The molecular weight excluding hydrogens is 699 g/mol. The summed E-state index contributed by atoms with van der Waals surface area (Å²) in [7, 11) is -4.40. The summed E-state index contributed by atoms with van der Waals surface area (Å²) >= 11 is 0. The van der Waals surface area contributed by atoms with E-state index in [1.54, 1.807) is 6.08 Å². The molecule has 0 fully saturated rings. The second-order valence-corrected chi connectivity index (χ2v) is 16.9. The van der Waals surface area contributed by atoms with Crippen LogP contribution in [0.3, 0.4) is 0 Å². The summed E-state index contributed by atoms with van der Waals surface area (Å²) in [5.74, 6) is -0.453. The lowest BCUT2D eigenvalue weighted by molar-refractivity contribution is -0.124. The Morgan fingerprint density at radius 2 is 1.06 bits per heavy atom. The number of carbonyl (C=O) groups is 1. The molecule has 54 heavy (non-hydrogen) atoms. The summed E-state index contributed by atoms with van der Waals surface area (Å²) < 4.78 is 22.1. The van der Waals surface area contributed by atoms with E-state index in [0.29, 0.717) is 12.8 Å². The van der Waals surface area contributed by atoms with Crippen LogP contribution in [0.4, 0.5) is 0 Å². The number of allylic oxidation sites excluding steroid dienone is 3. The SMILES string of the molecule is CCCCCCCCCCCCCC/C=C/CC/C=C/C(O)C(COP(=O)(O)OCCN)NC(=O)CC(O)CCCCCCCCCCCCCCCC. The van der Waals surface area contributed by atoms with Gasteiger partial charge in [0.1, 0.15) is 0 Å². The summed E-state index contributed by atoms with van der Waals surface area (Å²) in [5.41, 5.74) is 5.36. The molecule has 10 heteroatoms. The summed E-state index contributed by atoms with van der Waals surface area (Å²) in [4.78, 5) is 22.8. The van der Waals surface area contributed by atoms with Gasteiger partial charge in [0, 0.05) is 6.54 Å². The fraction of sp³-hybridized carbons (Fsp3) is 0.886. The van der Waals surface area contributed by atoms with Gasteiger partial charge in [-0.25, -0.2) is 4.57 Å². The average Bonchev–Trinajstić information content (AvgIpc) is 3.15. The number of unbranched alkanes of at least 4 members (excludes halogenated alkanes) is 26. The van der Waals surface area contributed by atoms with Crippen molar-refractivity contribution in [1.82, 2.24) is 5.32 Å². The van der Waals surface area contributed by atoms with Crippen LogP contribution in [0.2, 0.25) is 0 Å². The van der Waals surface area contributed by atoms with Crippen LogP contribution in [0.1, 0.15) is 213 Å². The smallest absolute Gasteiger partial charge is 0.393 e. The highest BCUT2D eigenvalue weighted by Crippen LogP contribution is 2.43. The van der Waals surface area contributed by atoms with Crippen molar-refractivity contribution >= 4 is 13.7 Å². The maximum Gasteiger partial charge on any atom is 0.472 e. The number of hydrogen-bond acceptors (Lipinski definition) is 7. The molecule has 0 aliphatic carbocycles. The van der Waals surface area contributed by atoms with Gasteiger partial charge in [0.05, 0.1) is 37.9 Å². The molecule has 9 nitrogen and oxygen atoms in total. The average molecular weight is 787 g/mol. The van der Waals surface area contributed by atoms with Gasteiger partial charge < -0.3 is 26.2 Å². The molecule has 0 aromatic heterocycles. The van der Waals surface area contributed by atoms with E-state index in [1.165, 1.54) is 148 Å². The van der Waals surface area contributed by atoms with Crippen LogP contribution >= 0.6 is 7.82 Å². The minimum absolute atomic E-state index is 0.0461. The molecule has 6 N–H and O–H groups in total. The molecule has 0 aromatic carbocycles. The number of nitrogens with one attached hydrogen (secondary N) is 1. The third-order valence-corrected chi connectivity index (χ3v) is 11.1. The monoisotopic (exact) mass is 787 g/mol. The molecule has 320 valence electrons. The molecule has 0 heterocycles. The number of amides is 1.